The number of aromatic nitrogens is 1. The summed E-state index contributed by atoms with van der Waals surface area (Å²) in [6.45, 7) is 10.9. The predicted octanol–water partition coefficient (Wildman–Crippen LogP) is 4.21. The smallest absolute Gasteiger partial charge is 0.257 e. The number of carbonyl (C=O) groups is 3. The SMILES string of the molecule is C=CC(=O)N1CCCN(C(=O)c2cc(Sc3cnc(NC(=O)CC)s3)c(C)cc2OC)CC1C. The largest absolute Gasteiger partial charge is 0.496 e. The lowest BCUT2D eigenvalue weighted by Crippen LogP contribution is -2.43. The number of hydrogen-bond acceptors (Lipinski definition) is 7. The summed E-state index contributed by atoms with van der Waals surface area (Å²) >= 11 is 2.88. The van der Waals surface area contributed by atoms with E-state index in [0.29, 0.717) is 48.9 Å². The first kappa shape index (κ1) is 25.8. The van der Waals surface area contributed by atoms with Gasteiger partial charge >= 0.3 is 0 Å². The Morgan fingerprint density at radius 1 is 1.35 bits per heavy atom. The quantitative estimate of drug-likeness (QED) is 0.571. The first-order chi connectivity index (χ1) is 16.3. The van der Waals surface area contributed by atoms with Crippen molar-refractivity contribution in [3.8, 4) is 5.75 Å². The van der Waals surface area contributed by atoms with Gasteiger partial charge in [-0.05, 0) is 44.0 Å². The Morgan fingerprint density at radius 3 is 2.79 bits per heavy atom. The van der Waals surface area contributed by atoms with Crippen molar-refractivity contribution in [2.75, 3.05) is 32.1 Å². The lowest BCUT2D eigenvalue weighted by Gasteiger charge is -2.28. The summed E-state index contributed by atoms with van der Waals surface area (Å²) in [6.07, 6.45) is 4.12. The zero-order valence-corrected chi connectivity index (χ0v) is 21.6. The van der Waals surface area contributed by atoms with Crippen molar-refractivity contribution < 1.29 is 19.1 Å². The summed E-state index contributed by atoms with van der Waals surface area (Å²) in [5, 5.41) is 3.32. The Kier molecular flexibility index (Phi) is 8.73. The minimum atomic E-state index is -0.126. The number of hydrogen-bond donors (Lipinski definition) is 1. The van der Waals surface area contributed by atoms with Crippen LogP contribution in [0.15, 0.2) is 40.1 Å². The number of carbonyl (C=O) groups excluding carboxylic acids is 3. The molecule has 182 valence electrons. The molecule has 1 aromatic heterocycles. The van der Waals surface area contributed by atoms with Crippen LogP contribution in [0.2, 0.25) is 0 Å². The Hall–Kier alpha value is -2.85. The molecule has 1 fully saturated rings. The van der Waals surface area contributed by atoms with Crippen LogP contribution in [-0.2, 0) is 9.59 Å². The molecule has 0 aliphatic carbocycles. The summed E-state index contributed by atoms with van der Waals surface area (Å²) in [6, 6.07) is 3.61. The van der Waals surface area contributed by atoms with Crippen molar-refractivity contribution in [1.29, 1.82) is 0 Å². The third kappa shape index (κ3) is 5.98. The van der Waals surface area contributed by atoms with Gasteiger partial charge in [0.2, 0.25) is 11.8 Å². The number of nitrogens with one attached hydrogen (secondary N) is 1. The van der Waals surface area contributed by atoms with Crippen LogP contribution in [0.3, 0.4) is 0 Å². The van der Waals surface area contributed by atoms with Crippen molar-refractivity contribution in [3.05, 3.63) is 42.1 Å². The van der Waals surface area contributed by atoms with Gasteiger partial charge in [-0.25, -0.2) is 4.98 Å². The fourth-order valence-electron chi connectivity index (χ4n) is 3.75. The summed E-state index contributed by atoms with van der Waals surface area (Å²) in [5.74, 6) is 0.188. The number of amides is 3. The maximum Gasteiger partial charge on any atom is 0.257 e. The van der Waals surface area contributed by atoms with Gasteiger partial charge in [0, 0.05) is 37.0 Å². The molecule has 1 aromatic carbocycles. The van der Waals surface area contributed by atoms with Crippen LogP contribution in [0, 0.1) is 6.92 Å². The standard InChI is InChI=1S/C24H30N4O4S2/c1-6-20(29)26-24-25-13-22(34-24)33-19-12-17(18(32-5)11-15(19)3)23(31)27-9-8-10-28(16(4)14-27)21(30)7-2/h7,11-13,16H,2,6,8-10,14H2,1,3-5H3,(H,25,26,29). The van der Waals surface area contributed by atoms with Gasteiger partial charge in [0.15, 0.2) is 5.13 Å². The topological polar surface area (TPSA) is 91.8 Å². The molecule has 1 saturated heterocycles. The molecule has 0 spiro atoms. The van der Waals surface area contributed by atoms with Gasteiger partial charge in [-0.1, -0.05) is 36.6 Å². The Balaban J connectivity index is 1.83. The van der Waals surface area contributed by atoms with E-state index in [1.807, 2.05) is 26.0 Å². The second-order valence-electron chi connectivity index (χ2n) is 8.00. The third-order valence-corrected chi connectivity index (χ3v) is 7.75. The maximum atomic E-state index is 13.6. The summed E-state index contributed by atoms with van der Waals surface area (Å²) in [5.41, 5.74) is 1.45. The van der Waals surface area contributed by atoms with Crippen LogP contribution in [0.25, 0.3) is 0 Å². The first-order valence-electron chi connectivity index (χ1n) is 11.1. The highest BCUT2D eigenvalue weighted by atomic mass is 32.2. The van der Waals surface area contributed by atoms with Gasteiger partial charge in [-0.3, -0.25) is 14.4 Å². The number of rotatable bonds is 7. The zero-order chi connectivity index (χ0) is 24.8. The van der Waals surface area contributed by atoms with E-state index in [-0.39, 0.29) is 23.8 Å². The van der Waals surface area contributed by atoms with E-state index in [2.05, 4.69) is 16.9 Å². The van der Waals surface area contributed by atoms with Gasteiger partial charge in [-0.2, -0.15) is 0 Å². The molecule has 1 unspecified atom stereocenters. The molecule has 3 rings (SSSR count). The molecule has 1 aliphatic rings. The number of methoxy groups -OCH3 is 1. The molecule has 8 nitrogen and oxygen atoms in total. The number of benzene rings is 1. The zero-order valence-electron chi connectivity index (χ0n) is 19.9. The van der Waals surface area contributed by atoms with Crippen LogP contribution < -0.4 is 10.1 Å². The first-order valence-corrected chi connectivity index (χ1v) is 12.7. The van der Waals surface area contributed by atoms with Crippen molar-refractivity contribution in [2.45, 2.75) is 48.8 Å². The molecule has 1 atom stereocenters. The van der Waals surface area contributed by atoms with Crippen LogP contribution in [0.5, 0.6) is 5.75 Å². The fraction of sp³-hybridized carbons (Fsp3) is 0.417. The van der Waals surface area contributed by atoms with Crippen molar-refractivity contribution >= 4 is 46.0 Å². The van der Waals surface area contributed by atoms with Crippen LogP contribution >= 0.6 is 23.1 Å². The molecule has 1 N–H and O–H groups in total. The van der Waals surface area contributed by atoms with Gasteiger partial charge < -0.3 is 19.9 Å². The van der Waals surface area contributed by atoms with E-state index in [0.717, 1.165) is 14.7 Å². The lowest BCUT2D eigenvalue weighted by molar-refractivity contribution is -0.127. The van der Waals surface area contributed by atoms with E-state index >= 15 is 0 Å². The molecular formula is C24H30N4O4S2. The maximum absolute atomic E-state index is 13.6. The van der Waals surface area contributed by atoms with Crippen molar-refractivity contribution in [3.63, 3.8) is 0 Å². The average molecular weight is 503 g/mol. The number of thiazole rings is 1. The highest BCUT2D eigenvalue weighted by Gasteiger charge is 2.29. The van der Waals surface area contributed by atoms with Crippen molar-refractivity contribution in [1.82, 2.24) is 14.8 Å². The molecule has 0 saturated carbocycles. The van der Waals surface area contributed by atoms with Gasteiger partial charge in [0.1, 0.15) is 5.75 Å². The summed E-state index contributed by atoms with van der Waals surface area (Å²) < 4.78 is 6.45. The Labute approximate surface area is 208 Å². The highest BCUT2D eigenvalue weighted by Crippen LogP contribution is 2.38. The van der Waals surface area contributed by atoms with Gasteiger partial charge in [-0.15, -0.1) is 0 Å². The third-order valence-electron chi connectivity index (χ3n) is 5.58. The summed E-state index contributed by atoms with van der Waals surface area (Å²) in [4.78, 5) is 46.1. The predicted molar refractivity (Wildman–Crippen MR) is 135 cm³/mol. The molecule has 1 aliphatic heterocycles. The Morgan fingerprint density at radius 2 is 2.12 bits per heavy atom. The molecule has 0 radical (unpaired) electrons. The minimum Gasteiger partial charge on any atom is -0.496 e. The second-order valence-corrected chi connectivity index (χ2v) is 10.4. The Bertz CT molecular complexity index is 1080. The van der Waals surface area contributed by atoms with Gasteiger partial charge in [0.25, 0.3) is 5.91 Å². The number of aryl methyl sites for hydroxylation is 1. The van der Waals surface area contributed by atoms with Gasteiger partial charge in [0.05, 0.1) is 23.1 Å². The fourth-order valence-corrected chi connectivity index (χ4v) is 5.71. The average Bonchev–Trinajstić information content (AvgIpc) is 3.17. The van der Waals surface area contributed by atoms with Crippen LogP contribution in [0.4, 0.5) is 5.13 Å². The normalized spacial score (nSPS) is 16.1. The molecule has 3 amide bonds. The number of ether oxygens (including phenoxy) is 1. The number of nitrogens with zero attached hydrogens (tertiary/aromatic N) is 3. The minimum absolute atomic E-state index is 0.0838. The van der Waals surface area contributed by atoms with Crippen LogP contribution in [0.1, 0.15) is 42.6 Å². The van der Waals surface area contributed by atoms with E-state index in [4.69, 9.17) is 4.74 Å². The summed E-state index contributed by atoms with van der Waals surface area (Å²) in [7, 11) is 1.56. The van der Waals surface area contributed by atoms with E-state index in [9.17, 15) is 14.4 Å². The molecule has 34 heavy (non-hydrogen) atoms. The molecular weight excluding hydrogens is 472 g/mol. The van der Waals surface area contributed by atoms with E-state index < -0.39 is 0 Å². The monoisotopic (exact) mass is 502 g/mol. The molecule has 2 aromatic rings. The van der Waals surface area contributed by atoms with Crippen LogP contribution in [-0.4, -0.2) is 65.3 Å². The number of anilines is 1. The highest BCUT2D eigenvalue weighted by molar-refractivity contribution is 8.01. The lowest BCUT2D eigenvalue weighted by atomic mass is 10.1. The molecule has 0 bridgehead atoms. The van der Waals surface area contributed by atoms with Crippen molar-refractivity contribution in [2.24, 2.45) is 0 Å². The van der Waals surface area contributed by atoms with E-state index in [1.165, 1.54) is 29.2 Å². The molecule has 10 heteroatoms. The second kappa shape index (κ2) is 11.5. The molecule has 2 heterocycles. The van der Waals surface area contributed by atoms with E-state index in [1.54, 1.807) is 30.0 Å².